The molecule has 47 heavy (non-hydrogen) atoms. The summed E-state index contributed by atoms with van der Waals surface area (Å²) in [5.41, 5.74) is -1.14. The molecule has 0 unspecified atom stereocenters. The van der Waals surface area contributed by atoms with Crippen LogP contribution in [0.5, 0.6) is 11.5 Å². The number of ether oxygens (including phenoxy) is 1. The number of non-ortho nitro benzene ring substituents is 1. The smallest absolute Gasteiger partial charge is 0.273 e. The largest absolute Gasteiger partial charge is 0.730 e. The first kappa shape index (κ1) is 39.6. The van der Waals surface area contributed by atoms with Crippen LogP contribution in [-0.4, -0.2) is 32.6 Å². The Kier molecular flexibility index (Phi) is 18.0. The van der Waals surface area contributed by atoms with Crippen molar-refractivity contribution in [2.45, 2.75) is 103 Å². The number of nitro benzene ring substituents is 1. The van der Waals surface area contributed by atoms with Crippen LogP contribution in [-0.2, 0) is 26.9 Å². The first-order valence-corrected chi connectivity index (χ1v) is 19.6. The van der Waals surface area contributed by atoms with E-state index in [0.29, 0.717) is 6.26 Å². The molecular formula is C34H49N3O8S2. The van der Waals surface area contributed by atoms with Crippen molar-refractivity contribution in [3.63, 3.8) is 0 Å². The van der Waals surface area contributed by atoms with Gasteiger partial charge >= 0.3 is 0 Å². The lowest BCUT2D eigenvalue weighted by atomic mass is 10.0. The summed E-state index contributed by atoms with van der Waals surface area (Å²) in [4.78, 5) is 10.1. The summed E-state index contributed by atoms with van der Waals surface area (Å²) in [6.45, 7) is 3.47. The van der Waals surface area contributed by atoms with E-state index in [-0.39, 0.29) is 9.46 Å². The first-order valence-electron chi connectivity index (χ1n) is 16.3. The number of hydrogen-bond donors (Lipinski definition) is 0. The molecule has 0 saturated heterocycles. The van der Waals surface area contributed by atoms with E-state index in [1.165, 1.54) is 109 Å². The maximum absolute atomic E-state index is 11.8. The van der Waals surface area contributed by atoms with Gasteiger partial charge in [0.25, 0.3) is 5.69 Å². The van der Waals surface area contributed by atoms with Crippen LogP contribution in [0.25, 0.3) is 0 Å². The molecule has 0 N–H and O–H groups in total. The molecule has 0 aliphatic heterocycles. The third-order valence-corrected chi connectivity index (χ3v) is 10.1. The SMILES string of the molecule is CCCCCCCCCCCCCCCC[n+]1ccccc1.CS(=O)(=O)N(c1ccc([N+](=O)[O-])cc1Oc1ccccc1)S(=O)(=O)[O-]. The molecule has 13 heteroatoms. The zero-order chi connectivity index (χ0) is 34.5. The average molecular weight is 692 g/mol. The van der Waals surface area contributed by atoms with Gasteiger partial charge in [-0.25, -0.2) is 21.4 Å². The number of aryl methyl sites for hydroxylation is 1. The normalized spacial score (nSPS) is 11.4. The lowest BCUT2D eigenvalue weighted by Crippen LogP contribution is -2.36. The van der Waals surface area contributed by atoms with Crippen molar-refractivity contribution in [1.82, 2.24) is 0 Å². The van der Waals surface area contributed by atoms with Gasteiger partial charge in [-0.1, -0.05) is 108 Å². The number of hydrogen-bond acceptors (Lipinski definition) is 8. The number of benzene rings is 2. The Hall–Kier alpha value is -3.55. The Morgan fingerprint density at radius 3 is 1.68 bits per heavy atom. The van der Waals surface area contributed by atoms with E-state index in [4.69, 9.17) is 4.74 Å². The van der Waals surface area contributed by atoms with Crippen LogP contribution in [0.3, 0.4) is 0 Å². The minimum Gasteiger partial charge on any atom is -0.730 e. The van der Waals surface area contributed by atoms with E-state index in [9.17, 15) is 31.5 Å². The van der Waals surface area contributed by atoms with E-state index >= 15 is 0 Å². The summed E-state index contributed by atoms with van der Waals surface area (Å²) in [5, 5.41) is 10.9. The number of nitro groups is 1. The highest BCUT2D eigenvalue weighted by Gasteiger charge is 2.29. The predicted molar refractivity (Wildman–Crippen MR) is 184 cm³/mol. The number of unbranched alkanes of at least 4 members (excludes halogenated alkanes) is 13. The molecule has 0 amide bonds. The minimum absolute atomic E-state index is 0.154. The lowest BCUT2D eigenvalue weighted by molar-refractivity contribution is -0.697. The van der Waals surface area contributed by atoms with Crippen LogP contribution in [0.2, 0.25) is 0 Å². The standard InChI is InChI=1S/C21H38N.C13H12N2O8S2/c1-2-3-4-5-6-7-8-9-10-11-12-13-14-16-19-22-20-17-15-18-21-22;1-24(18,19)15(25(20,21)22)12-8-7-10(14(16)17)9-13(12)23-11-5-3-2-4-6-11/h15,17-18,20-21H,2-14,16,19H2,1H3;2-9H,1H3,(H,20,21,22)/q+1;/p-1. The molecule has 1 aromatic heterocycles. The van der Waals surface area contributed by atoms with Gasteiger partial charge in [-0.2, -0.15) is 3.71 Å². The van der Waals surface area contributed by atoms with Crippen molar-refractivity contribution in [3.05, 3.63) is 89.2 Å². The molecule has 0 aliphatic rings. The molecule has 0 fully saturated rings. The molecule has 0 radical (unpaired) electrons. The fraction of sp³-hybridized carbons (Fsp3) is 0.500. The van der Waals surface area contributed by atoms with E-state index in [2.05, 4.69) is 42.1 Å². The minimum atomic E-state index is -5.48. The Balaban J connectivity index is 0.000000330. The van der Waals surface area contributed by atoms with E-state index in [0.717, 1.165) is 18.2 Å². The van der Waals surface area contributed by atoms with Gasteiger partial charge in [-0.3, -0.25) is 10.1 Å². The summed E-state index contributed by atoms with van der Waals surface area (Å²) < 4.78 is 65.0. The number of para-hydroxylation sites is 1. The molecule has 0 aliphatic carbocycles. The highest BCUT2D eigenvalue weighted by atomic mass is 32.3. The summed E-state index contributed by atoms with van der Waals surface area (Å²) in [6.07, 6.45) is 24.9. The van der Waals surface area contributed by atoms with Gasteiger partial charge in [0.05, 0.1) is 17.2 Å². The molecule has 0 saturated carbocycles. The Labute approximate surface area is 280 Å². The molecule has 0 spiro atoms. The highest BCUT2D eigenvalue weighted by Crippen LogP contribution is 2.37. The number of aromatic nitrogens is 1. The number of rotatable bonds is 21. The van der Waals surface area contributed by atoms with Crippen LogP contribution in [0.15, 0.2) is 79.1 Å². The van der Waals surface area contributed by atoms with E-state index in [1.807, 2.05) is 0 Å². The van der Waals surface area contributed by atoms with Crippen molar-refractivity contribution >= 4 is 31.7 Å². The Bertz CT molecular complexity index is 1510. The molecule has 2 aromatic carbocycles. The Morgan fingerprint density at radius 2 is 1.21 bits per heavy atom. The molecule has 3 aromatic rings. The molecule has 0 atom stereocenters. The molecule has 1 heterocycles. The topological polar surface area (TPSA) is 151 Å². The van der Waals surface area contributed by atoms with Gasteiger partial charge in [-0.05, 0) is 24.6 Å². The monoisotopic (exact) mass is 691 g/mol. The fourth-order valence-corrected chi connectivity index (χ4v) is 7.23. The number of nitrogens with zero attached hydrogens (tertiary/aromatic N) is 3. The van der Waals surface area contributed by atoms with Crippen molar-refractivity contribution in [2.24, 2.45) is 0 Å². The van der Waals surface area contributed by atoms with Crippen LogP contribution in [0, 0.1) is 10.1 Å². The molecule has 0 bridgehead atoms. The van der Waals surface area contributed by atoms with Crippen LogP contribution < -0.4 is 13.0 Å². The number of pyridine rings is 1. The van der Waals surface area contributed by atoms with Crippen molar-refractivity contribution in [1.29, 1.82) is 0 Å². The second-order valence-corrected chi connectivity index (χ2v) is 14.7. The molecular weight excluding hydrogens is 643 g/mol. The van der Waals surface area contributed by atoms with Gasteiger partial charge < -0.3 is 9.29 Å². The zero-order valence-corrected chi connectivity index (χ0v) is 29.2. The van der Waals surface area contributed by atoms with Crippen LogP contribution in [0.1, 0.15) is 96.8 Å². The van der Waals surface area contributed by atoms with E-state index < -0.39 is 42.4 Å². The third kappa shape index (κ3) is 16.2. The molecule has 3 rings (SSSR count). The number of sulfonamides is 1. The summed E-state index contributed by atoms with van der Waals surface area (Å²) in [7, 11) is -10.0. The molecule has 11 nitrogen and oxygen atoms in total. The maximum Gasteiger partial charge on any atom is 0.273 e. The van der Waals surface area contributed by atoms with Gasteiger partial charge in [-0.15, -0.1) is 0 Å². The molecule has 260 valence electrons. The highest BCUT2D eigenvalue weighted by molar-refractivity contribution is 8.07. The van der Waals surface area contributed by atoms with E-state index in [1.54, 1.807) is 18.2 Å². The summed E-state index contributed by atoms with van der Waals surface area (Å²) in [6, 6.07) is 16.5. The second kappa shape index (κ2) is 21.3. The first-order chi connectivity index (χ1) is 22.4. The predicted octanol–water partition coefficient (Wildman–Crippen LogP) is 8.07. The van der Waals surface area contributed by atoms with Crippen molar-refractivity contribution < 1.29 is 35.6 Å². The average Bonchev–Trinajstić information content (AvgIpc) is 3.02. The summed E-state index contributed by atoms with van der Waals surface area (Å²) >= 11 is 0. The van der Waals surface area contributed by atoms with Gasteiger partial charge in [0.15, 0.2) is 28.4 Å². The van der Waals surface area contributed by atoms with Crippen molar-refractivity contribution in [3.8, 4) is 11.5 Å². The zero-order valence-electron chi connectivity index (χ0n) is 27.5. The van der Waals surface area contributed by atoms with Gasteiger partial charge in [0.1, 0.15) is 18.0 Å². The van der Waals surface area contributed by atoms with Gasteiger partial charge in [0, 0.05) is 24.6 Å². The Morgan fingerprint density at radius 1 is 0.723 bits per heavy atom. The number of anilines is 1. The second-order valence-electron chi connectivity index (χ2n) is 11.5. The fourth-order valence-electron chi connectivity index (χ4n) is 5.00. The summed E-state index contributed by atoms with van der Waals surface area (Å²) in [5.74, 6) is -0.328. The maximum atomic E-state index is 11.8. The van der Waals surface area contributed by atoms with Crippen molar-refractivity contribution in [2.75, 3.05) is 9.97 Å². The van der Waals surface area contributed by atoms with Crippen LogP contribution >= 0.6 is 0 Å². The lowest BCUT2D eigenvalue weighted by Gasteiger charge is -2.26. The quantitative estimate of drug-likeness (QED) is 0.0358. The van der Waals surface area contributed by atoms with Gasteiger partial charge in [0.2, 0.25) is 10.0 Å². The van der Waals surface area contributed by atoms with Crippen LogP contribution in [0.4, 0.5) is 11.4 Å². The third-order valence-electron chi connectivity index (χ3n) is 7.37.